The summed E-state index contributed by atoms with van der Waals surface area (Å²) in [6.45, 7) is 5.90. The average molecular weight is 164 g/mol. The fraction of sp³-hybridized carbons (Fsp3) is 0.500. The van der Waals surface area contributed by atoms with E-state index in [4.69, 9.17) is 0 Å². The predicted molar refractivity (Wildman–Crippen MR) is 39.2 cm³/mol. The maximum Gasteiger partial charge on any atom is 0.395 e. The lowest BCUT2D eigenvalue weighted by Crippen LogP contribution is -2.20. The van der Waals surface area contributed by atoms with Gasteiger partial charge in [0, 0.05) is 0 Å². The first kappa shape index (κ1) is 10.3. The second-order valence-electron chi connectivity index (χ2n) is 2.41. The zero-order valence-corrected chi connectivity index (χ0v) is 6.57. The Bertz CT molecular complexity index is 165. The SMILES string of the molecule is C=C/C=C(\C)C(C)C(F)(F)F. The second-order valence-corrected chi connectivity index (χ2v) is 2.41. The van der Waals surface area contributed by atoms with Gasteiger partial charge in [-0.3, -0.25) is 0 Å². The number of hydrogen-bond acceptors (Lipinski definition) is 0. The van der Waals surface area contributed by atoms with Gasteiger partial charge in [0.2, 0.25) is 0 Å². The summed E-state index contributed by atoms with van der Waals surface area (Å²) in [6.07, 6.45) is -1.40. The highest BCUT2D eigenvalue weighted by Gasteiger charge is 2.36. The zero-order chi connectivity index (χ0) is 9.07. The first-order chi connectivity index (χ1) is 4.89. The van der Waals surface area contributed by atoms with E-state index in [0.29, 0.717) is 0 Å². The molecule has 1 unspecified atom stereocenters. The van der Waals surface area contributed by atoms with Crippen molar-refractivity contribution < 1.29 is 13.2 Å². The number of halogens is 3. The van der Waals surface area contributed by atoms with E-state index in [0.717, 1.165) is 6.92 Å². The van der Waals surface area contributed by atoms with Crippen LogP contribution in [0.1, 0.15) is 13.8 Å². The van der Waals surface area contributed by atoms with E-state index in [2.05, 4.69) is 6.58 Å². The summed E-state index contributed by atoms with van der Waals surface area (Å²) in [4.78, 5) is 0. The molecule has 0 fully saturated rings. The Morgan fingerprint density at radius 2 is 1.91 bits per heavy atom. The molecular weight excluding hydrogens is 153 g/mol. The Hall–Kier alpha value is -0.730. The summed E-state index contributed by atoms with van der Waals surface area (Å²) in [5.41, 5.74) is 0.285. The number of rotatable bonds is 2. The molecule has 0 spiro atoms. The van der Waals surface area contributed by atoms with Gasteiger partial charge in [-0.05, 0) is 13.8 Å². The van der Waals surface area contributed by atoms with Crippen LogP contribution in [0, 0.1) is 5.92 Å². The minimum atomic E-state index is -4.14. The van der Waals surface area contributed by atoms with Gasteiger partial charge in [-0.25, -0.2) is 0 Å². The quantitative estimate of drug-likeness (QED) is 0.549. The van der Waals surface area contributed by atoms with Gasteiger partial charge in [-0.1, -0.05) is 24.3 Å². The average Bonchev–Trinajstić information content (AvgIpc) is 1.85. The summed E-state index contributed by atoms with van der Waals surface area (Å²) in [6, 6.07) is 0. The molecule has 0 aromatic rings. The maximum atomic E-state index is 11.9. The van der Waals surface area contributed by atoms with Crippen LogP contribution in [0.25, 0.3) is 0 Å². The molecule has 1 atom stereocenters. The molecule has 0 saturated heterocycles. The highest BCUT2D eigenvalue weighted by atomic mass is 19.4. The van der Waals surface area contributed by atoms with Crippen LogP contribution in [0.3, 0.4) is 0 Å². The Kier molecular flexibility index (Phi) is 3.36. The summed E-state index contributed by atoms with van der Waals surface area (Å²) >= 11 is 0. The van der Waals surface area contributed by atoms with E-state index in [1.54, 1.807) is 0 Å². The van der Waals surface area contributed by atoms with E-state index in [1.807, 2.05) is 0 Å². The minimum Gasteiger partial charge on any atom is -0.170 e. The first-order valence-electron chi connectivity index (χ1n) is 3.25. The third kappa shape index (κ3) is 3.25. The largest absolute Gasteiger partial charge is 0.395 e. The molecule has 0 nitrogen and oxygen atoms in total. The van der Waals surface area contributed by atoms with Crippen LogP contribution in [0.5, 0.6) is 0 Å². The van der Waals surface area contributed by atoms with Crippen LogP contribution < -0.4 is 0 Å². The van der Waals surface area contributed by atoms with E-state index in [9.17, 15) is 13.2 Å². The smallest absolute Gasteiger partial charge is 0.170 e. The van der Waals surface area contributed by atoms with Crippen molar-refractivity contribution in [2.45, 2.75) is 20.0 Å². The Labute approximate surface area is 64.4 Å². The van der Waals surface area contributed by atoms with Gasteiger partial charge in [0.25, 0.3) is 0 Å². The van der Waals surface area contributed by atoms with Crippen molar-refractivity contribution in [3.63, 3.8) is 0 Å². The van der Waals surface area contributed by atoms with Gasteiger partial charge in [-0.2, -0.15) is 13.2 Å². The Balaban J connectivity index is 4.36. The molecule has 0 bridgehead atoms. The number of hydrogen-bond donors (Lipinski definition) is 0. The molecule has 11 heavy (non-hydrogen) atoms. The van der Waals surface area contributed by atoms with Crippen LogP contribution in [0.15, 0.2) is 24.3 Å². The van der Waals surface area contributed by atoms with E-state index >= 15 is 0 Å². The van der Waals surface area contributed by atoms with Crippen molar-refractivity contribution in [3.8, 4) is 0 Å². The fourth-order valence-corrected chi connectivity index (χ4v) is 0.588. The molecule has 0 N–H and O–H groups in total. The second kappa shape index (κ2) is 3.60. The molecule has 64 valence electrons. The molecular formula is C8H11F3. The third-order valence-electron chi connectivity index (χ3n) is 1.55. The van der Waals surface area contributed by atoms with Crippen LogP contribution in [-0.4, -0.2) is 6.18 Å². The zero-order valence-electron chi connectivity index (χ0n) is 6.57. The van der Waals surface area contributed by atoms with Gasteiger partial charge >= 0.3 is 6.18 Å². The van der Waals surface area contributed by atoms with Crippen molar-refractivity contribution in [2.24, 2.45) is 5.92 Å². The molecule has 3 heteroatoms. The third-order valence-corrected chi connectivity index (χ3v) is 1.55. The number of alkyl halides is 3. The van der Waals surface area contributed by atoms with Crippen LogP contribution in [0.2, 0.25) is 0 Å². The van der Waals surface area contributed by atoms with Gasteiger partial charge in [0.05, 0.1) is 5.92 Å². The topological polar surface area (TPSA) is 0 Å². The first-order valence-corrected chi connectivity index (χ1v) is 3.25. The van der Waals surface area contributed by atoms with Gasteiger partial charge < -0.3 is 0 Å². The standard InChI is InChI=1S/C8H11F3/c1-4-5-6(2)7(3)8(9,10)11/h4-5,7H,1H2,2-3H3/b6-5+. The molecule has 0 aromatic carbocycles. The lowest BCUT2D eigenvalue weighted by Gasteiger charge is -2.15. The van der Waals surface area contributed by atoms with Crippen LogP contribution in [0.4, 0.5) is 13.2 Å². The summed E-state index contributed by atoms with van der Waals surface area (Å²) < 4.78 is 35.8. The van der Waals surface area contributed by atoms with E-state index in [-0.39, 0.29) is 5.57 Å². The highest BCUT2D eigenvalue weighted by molar-refractivity contribution is 5.11. The van der Waals surface area contributed by atoms with Crippen molar-refractivity contribution in [3.05, 3.63) is 24.3 Å². The van der Waals surface area contributed by atoms with E-state index < -0.39 is 12.1 Å². The maximum absolute atomic E-state index is 11.9. The highest BCUT2D eigenvalue weighted by Crippen LogP contribution is 2.30. The molecule has 0 aliphatic rings. The monoisotopic (exact) mass is 164 g/mol. The summed E-state index contributed by atoms with van der Waals surface area (Å²) in [5, 5.41) is 0. The van der Waals surface area contributed by atoms with Crippen molar-refractivity contribution in [1.29, 1.82) is 0 Å². The molecule has 0 amide bonds. The van der Waals surface area contributed by atoms with Crippen molar-refractivity contribution >= 4 is 0 Å². The van der Waals surface area contributed by atoms with Crippen molar-refractivity contribution in [2.75, 3.05) is 0 Å². The lowest BCUT2D eigenvalue weighted by atomic mass is 10.0. The summed E-state index contributed by atoms with van der Waals surface area (Å²) in [7, 11) is 0. The Morgan fingerprint density at radius 3 is 2.18 bits per heavy atom. The normalized spacial score (nSPS) is 16.3. The van der Waals surface area contributed by atoms with Crippen molar-refractivity contribution in [1.82, 2.24) is 0 Å². The lowest BCUT2D eigenvalue weighted by molar-refractivity contribution is -0.159. The molecule has 0 saturated carbocycles. The predicted octanol–water partition coefficient (Wildman–Crippen LogP) is 3.32. The van der Waals surface area contributed by atoms with Gasteiger partial charge in [-0.15, -0.1) is 0 Å². The molecule has 0 rings (SSSR count). The molecule has 0 heterocycles. The van der Waals surface area contributed by atoms with E-state index in [1.165, 1.54) is 19.1 Å². The van der Waals surface area contributed by atoms with Gasteiger partial charge in [0.15, 0.2) is 0 Å². The summed E-state index contributed by atoms with van der Waals surface area (Å²) in [5.74, 6) is -1.37. The van der Waals surface area contributed by atoms with Crippen LogP contribution >= 0.6 is 0 Å². The van der Waals surface area contributed by atoms with Gasteiger partial charge in [0.1, 0.15) is 0 Å². The molecule has 0 aliphatic carbocycles. The number of allylic oxidation sites excluding steroid dienone is 3. The molecule has 0 radical (unpaired) electrons. The molecule has 0 aromatic heterocycles. The Morgan fingerprint density at radius 1 is 1.45 bits per heavy atom. The fourth-order valence-electron chi connectivity index (χ4n) is 0.588. The minimum absolute atomic E-state index is 0.285. The van der Waals surface area contributed by atoms with Crippen LogP contribution in [-0.2, 0) is 0 Å². The molecule has 0 aliphatic heterocycles.